The Kier molecular flexibility index (Phi) is 6.47. The molecule has 9 heteroatoms. The number of rotatable bonds is 7. The molecular weight excluding hydrogens is 286 g/mol. The SMILES string of the molecule is COCCNC(=O)CNC(=O)Nc1sccc1C(=O)O. The number of anilines is 1. The van der Waals surface area contributed by atoms with E-state index in [0.717, 1.165) is 11.3 Å². The summed E-state index contributed by atoms with van der Waals surface area (Å²) in [6.07, 6.45) is 0. The van der Waals surface area contributed by atoms with Gasteiger partial charge in [-0.05, 0) is 11.4 Å². The van der Waals surface area contributed by atoms with Gasteiger partial charge in [0, 0.05) is 13.7 Å². The number of carbonyl (C=O) groups is 3. The first-order valence-corrected chi connectivity index (χ1v) is 6.54. The summed E-state index contributed by atoms with van der Waals surface area (Å²) in [4.78, 5) is 33.6. The van der Waals surface area contributed by atoms with Crippen LogP contribution in [0.3, 0.4) is 0 Å². The smallest absolute Gasteiger partial charge is 0.338 e. The highest BCUT2D eigenvalue weighted by atomic mass is 32.1. The monoisotopic (exact) mass is 301 g/mol. The molecule has 110 valence electrons. The molecule has 0 aliphatic carbocycles. The van der Waals surface area contributed by atoms with E-state index in [-0.39, 0.29) is 23.0 Å². The molecule has 0 fully saturated rings. The van der Waals surface area contributed by atoms with Crippen LogP contribution in [0.2, 0.25) is 0 Å². The number of amides is 3. The number of carboxylic acid groups (broad SMARTS) is 1. The Labute approximate surface area is 119 Å². The van der Waals surface area contributed by atoms with Gasteiger partial charge in [0.1, 0.15) is 5.00 Å². The lowest BCUT2D eigenvalue weighted by molar-refractivity contribution is -0.120. The number of hydrogen-bond donors (Lipinski definition) is 4. The summed E-state index contributed by atoms with van der Waals surface area (Å²) in [5, 5.41) is 17.9. The van der Waals surface area contributed by atoms with Crippen molar-refractivity contribution in [1.82, 2.24) is 10.6 Å². The molecular formula is C11H15N3O5S. The summed E-state index contributed by atoms with van der Waals surface area (Å²) in [7, 11) is 1.51. The number of carboxylic acids is 1. The Morgan fingerprint density at radius 1 is 1.35 bits per heavy atom. The summed E-state index contributed by atoms with van der Waals surface area (Å²) >= 11 is 1.09. The molecule has 1 aromatic rings. The van der Waals surface area contributed by atoms with Crippen molar-refractivity contribution in [3.8, 4) is 0 Å². The topological polar surface area (TPSA) is 117 Å². The molecule has 0 bridgehead atoms. The number of thiophene rings is 1. The van der Waals surface area contributed by atoms with Crippen LogP contribution >= 0.6 is 11.3 Å². The fraction of sp³-hybridized carbons (Fsp3) is 0.364. The van der Waals surface area contributed by atoms with Gasteiger partial charge in [0.05, 0.1) is 18.7 Å². The summed E-state index contributed by atoms with van der Waals surface area (Å²) in [6.45, 7) is 0.533. The first-order chi connectivity index (χ1) is 9.54. The molecule has 0 radical (unpaired) electrons. The van der Waals surface area contributed by atoms with E-state index < -0.39 is 12.0 Å². The minimum Gasteiger partial charge on any atom is -0.478 e. The Balaban J connectivity index is 2.35. The number of aromatic carboxylic acids is 1. The summed E-state index contributed by atoms with van der Waals surface area (Å²) in [6, 6.07) is 0.747. The van der Waals surface area contributed by atoms with Crippen LogP contribution in [-0.4, -0.2) is 49.8 Å². The van der Waals surface area contributed by atoms with E-state index in [1.807, 2.05) is 0 Å². The van der Waals surface area contributed by atoms with Gasteiger partial charge in [-0.15, -0.1) is 11.3 Å². The molecule has 20 heavy (non-hydrogen) atoms. The highest BCUT2D eigenvalue weighted by Gasteiger charge is 2.14. The van der Waals surface area contributed by atoms with Gasteiger partial charge < -0.3 is 20.5 Å². The van der Waals surface area contributed by atoms with Crippen LogP contribution in [0.5, 0.6) is 0 Å². The molecule has 0 saturated heterocycles. The highest BCUT2D eigenvalue weighted by Crippen LogP contribution is 2.22. The Morgan fingerprint density at radius 2 is 2.10 bits per heavy atom. The van der Waals surface area contributed by atoms with Crippen molar-refractivity contribution in [2.45, 2.75) is 0 Å². The lowest BCUT2D eigenvalue weighted by atomic mass is 10.3. The molecule has 8 nitrogen and oxygen atoms in total. The third-order valence-electron chi connectivity index (χ3n) is 2.16. The van der Waals surface area contributed by atoms with E-state index in [0.29, 0.717) is 13.2 Å². The second-order valence-corrected chi connectivity index (χ2v) is 4.54. The normalized spacial score (nSPS) is 9.85. The van der Waals surface area contributed by atoms with Crippen LogP contribution in [0, 0.1) is 0 Å². The minimum atomic E-state index is -1.13. The lowest BCUT2D eigenvalue weighted by Crippen LogP contribution is -2.39. The van der Waals surface area contributed by atoms with Crippen molar-refractivity contribution in [3.05, 3.63) is 17.0 Å². The Bertz CT molecular complexity index is 488. The van der Waals surface area contributed by atoms with Crippen LogP contribution in [0.1, 0.15) is 10.4 Å². The second kappa shape index (κ2) is 8.12. The zero-order chi connectivity index (χ0) is 15.0. The Morgan fingerprint density at radius 3 is 2.75 bits per heavy atom. The van der Waals surface area contributed by atoms with Crippen LogP contribution < -0.4 is 16.0 Å². The molecule has 4 N–H and O–H groups in total. The predicted octanol–water partition coefficient (Wildman–Crippen LogP) is 0.330. The first kappa shape index (κ1) is 15.9. The molecule has 0 saturated carbocycles. The second-order valence-electron chi connectivity index (χ2n) is 3.62. The van der Waals surface area contributed by atoms with Crippen LogP contribution in [0.15, 0.2) is 11.4 Å². The molecule has 0 atom stereocenters. The largest absolute Gasteiger partial charge is 0.478 e. The molecule has 0 spiro atoms. The maximum absolute atomic E-state index is 11.5. The van der Waals surface area contributed by atoms with Crippen molar-refractivity contribution in [3.63, 3.8) is 0 Å². The number of nitrogens with one attached hydrogen (secondary N) is 3. The van der Waals surface area contributed by atoms with E-state index in [9.17, 15) is 14.4 Å². The zero-order valence-electron chi connectivity index (χ0n) is 10.8. The maximum atomic E-state index is 11.5. The van der Waals surface area contributed by atoms with Crippen molar-refractivity contribution < 1.29 is 24.2 Å². The maximum Gasteiger partial charge on any atom is 0.338 e. The van der Waals surface area contributed by atoms with Gasteiger partial charge in [0.25, 0.3) is 0 Å². The summed E-state index contributed by atoms with van der Waals surface area (Å²) in [5.41, 5.74) is 0.00898. The molecule has 0 aromatic carbocycles. The summed E-state index contributed by atoms with van der Waals surface area (Å²) in [5.74, 6) is -1.49. The van der Waals surface area contributed by atoms with Crippen molar-refractivity contribution in [2.75, 3.05) is 32.1 Å². The highest BCUT2D eigenvalue weighted by molar-refractivity contribution is 7.14. The number of hydrogen-bond acceptors (Lipinski definition) is 5. The van der Waals surface area contributed by atoms with Crippen molar-refractivity contribution >= 4 is 34.2 Å². The average Bonchev–Trinajstić information content (AvgIpc) is 2.85. The fourth-order valence-electron chi connectivity index (χ4n) is 1.24. The molecule has 0 aliphatic heterocycles. The number of urea groups is 1. The molecule has 1 rings (SSSR count). The van der Waals surface area contributed by atoms with Crippen LogP contribution in [-0.2, 0) is 9.53 Å². The minimum absolute atomic E-state index is 0.00898. The third kappa shape index (κ3) is 5.24. The quantitative estimate of drug-likeness (QED) is 0.541. The van der Waals surface area contributed by atoms with E-state index in [1.165, 1.54) is 13.2 Å². The van der Waals surface area contributed by atoms with Crippen LogP contribution in [0.25, 0.3) is 0 Å². The van der Waals surface area contributed by atoms with Crippen molar-refractivity contribution in [1.29, 1.82) is 0 Å². The van der Waals surface area contributed by atoms with Crippen molar-refractivity contribution in [2.24, 2.45) is 0 Å². The molecule has 1 heterocycles. The third-order valence-corrected chi connectivity index (χ3v) is 2.99. The van der Waals surface area contributed by atoms with E-state index in [1.54, 1.807) is 5.38 Å². The average molecular weight is 301 g/mol. The van der Waals surface area contributed by atoms with Gasteiger partial charge in [0.2, 0.25) is 5.91 Å². The number of ether oxygens (including phenoxy) is 1. The summed E-state index contributed by atoms with van der Waals surface area (Å²) < 4.78 is 4.75. The van der Waals surface area contributed by atoms with Crippen LogP contribution in [0.4, 0.5) is 9.80 Å². The predicted molar refractivity (Wildman–Crippen MR) is 73.2 cm³/mol. The Hall–Kier alpha value is -2.13. The first-order valence-electron chi connectivity index (χ1n) is 5.66. The lowest BCUT2D eigenvalue weighted by Gasteiger charge is -2.07. The molecule has 0 aliphatic rings. The standard InChI is InChI=1S/C11H15N3O5S/c1-19-4-3-12-8(15)6-13-11(18)14-9-7(10(16)17)2-5-20-9/h2,5H,3-4,6H2,1H3,(H,12,15)(H,16,17)(H2,13,14,18). The van der Waals surface area contributed by atoms with E-state index >= 15 is 0 Å². The van der Waals surface area contributed by atoms with E-state index in [2.05, 4.69) is 16.0 Å². The molecule has 1 aromatic heterocycles. The molecule has 3 amide bonds. The molecule has 0 unspecified atom stereocenters. The van der Waals surface area contributed by atoms with Gasteiger partial charge in [-0.25, -0.2) is 9.59 Å². The zero-order valence-corrected chi connectivity index (χ0v) is 11.6. The number of carbonyl (C=O) groups excluding carboxylic acids is 2. The van der Waals surface area contributed by atoms with Gasteiger partial charge >= 0.3 is 12.0 Å². The van der Waals surface area contributed by atoms with E-state index in [4.69, 9.17) is 9.84 Å². The fourth-order valence-corrected chi connectivity index (χ4v) is 2.01. The number of methoxy groups -OCH3 is 1. The van der Waals surface area contributed by atoms with Gasteiger partial charge in [0.15, 0.2) is 0 Å². The van der Waals surface area contributed by atoms with Gasteiger partial charge in [-0.1, -0.05) is 0 Å². The van der Waals surface area contributed by atoms with Gasteiger partial charge in [-0.2, -0.15) is 0 Å². The van der Waals surface area contributed by atoms with Gasteiger partial charge in [-0.3, -0.25) is 10.1 Å².